The third kappa shape index (κ3) is 3.46. The van der Waals surface area contributed by atoms with Crippen molar-refractivity contribution in [2.45, 2.75) is 44.6 Å². The fourth-order valence-electron chi connectivity index (χ4n) is 4.00. The highest BCUT2D eigenvalue weighted by molar-refractivity contribution is 7.88. The number of ether oxygens (including phenoxy) is 1. The smallest absolute Gasteiger partial charge is 0.222 e. The Balaban J connectivity index is 1.61. The van der Waals surface area contributed by atoms with E-state index in [0.717, 1.165) is 45.3 Å². The average Bonchev–Trinajstić information content (AvgIpc) is 2.96. The second-order valence-electron chi connectivity index (χ2n) is 7.07. The lowest BCUT2D eigenvalue weighted by atomic mass is 9.72. The number of carbonyl (C=O) groups excluding carboxylic acids is 1. The Hall–Kier alpha value is -0.660. The van der Waals surface area contributed by atoms with Crippen LogP contribution in [0.5, 0.6) is 0 Å². The number of amides is 1. The summed E-state index contributed by atoms with van der Waals surface area (Å²) < 4.78 is 30.5. The Labute approximate surface area is 132 Å². The molecule has 3 rings (SSSR count). The Morgan fingerprint density at radius 2 is 2.00 bits per heavy atom. The normalized spacial score (nSPS) is 30.1. The van der Waals surface area contributed by atoms with Gasteiger partial charge in [0.15, 0.2) is 0 Å². The van der Waals surface area contributed by atoms with Gasteiger partial charge in [-0.25, -0.2) is 12.7 Å². The average molecular weight is 330 g/mol. The first-order valence-corrected chi connectivity index (χ1v) is 10.1. The monoisotopic (exact) mass is 330 g/mol. The SMILES string of the molecule is CS(=O)(=O)N1CCC2(CCC(=O)N(C[C@@H]3CCCO3)C2)CC1. The molecule has 3 aliphatic rings. The Kier molecular flexibility index (Phi) is 4.49. The van der Waals surface area contributed by atoms with Crippen LogP contribution in [0.1, 0.15) is 38.5 Å². The molecule has 1 atom stereocenters. The number of carbonyl (C=O) groups is 1. The van der Waals surface area contributed by atoms with Crippen molar-refractivity contribution in [2.24, 2.45) is 5.41 Å². The third-order valence-corrected chi connectivity index (χ3v) is 6.75. The van der Waals surface area contributed by atoms with Gasteiger partial charge < -0.3 is 9.64 Å². The van der Waals surface area contributed by atoms with Gasteiger partial charge in [-0.3, -0.25) is 4.79 Å². The fraction of sp³-hybridized carbons (Fsp3) is 0.933. The zero-order chi connectivity index (χ0) is 15.8. The number of hydrogen-bond donors (Lipinski definition) is 0. The topological polar surface area (TPSA) is 66.9 Å². The third-order valence-electron chi connectivity index (χ3n) is 5.45. The van der Waals surface area contributed by atoms with Crippen molar-refractivity contribution in [2.75, 3.05) is 39.0 Å². The summed E-state index contributed by atoms with van der Waals surface area (Å²) in [6.45, 7) is 3.45. The van der Waals surface area contributed by atoms with Gasteiger partial charge in [0.25, 0.3) is 0 Å². The number of piperidine rings is 2. The van der Waals surface area contributed by atoms with Crippen molar-refractivity contribution in [1.82, 2.24) is 9.21 Å². The molecule has 0 unspecified atom stereocenters. The number of hydrogen-bond acceptors (Lipinski definition) is 4. The molecule has 126 valence electrons. The standard InChI is InChI=1S/C15H26N2O4S/c1-22(19,20)17-8-6-15(7-9-17)5-4-14(18)16(12-15)11-13-3-2-10-21-13/h13H,2-12H2,1H3/t13-/m0/s1. The molecule has 0 bridgehead atoms. The van der Waals surface area contributed by atoms with Crippen LogP contribution in [0.2, 0.25) is 0 Å². The summed E-state index contributed by atoms with van der Waals surface area (Å²) in [4.78, 5) is 14.2. The first-order valence-electron chi connectivity index (χ1n) is 8.23. The van der Waals surface area contributed by atoms with E-state index in [9.17, 15) is 13.2 Å². The lowest BCUT2D eigenvalue weighted by Gasteiger charge is -2.47. The van der Waals surface area contributed by atoms with E-state index in [1.165, 1.54) is 6.26 Å². The van der Waals surface area contributed by atoms with E-state index in [0.29, 0.717) is 26.1 Å². The minimum absolute atomic E-state index is 0.105. The quantitative estimate of drug-likeness (QED) is 0.769. The first kappa shape index (κ1) is 16.2. The van der Waals surface area contributed by atoms with Gasteiger partial charge in [-0.05, 0) is 37.5 Å². The van der Waals surface area contributed by atoms with E-state index in [-0.39, 0.29) is 17.4 Å². The Morgan fingerprint density at radius 3 is 2.59 bits per heavy atom. The van der Waals surface area contributed by atoms with Gasteiger partial charge in [0.1, 0.15) is 0 Å². The number of nitrogens with zero attached hydrogens (tertiary/aromatic N) is 2. The molecule has 7 heteroatoms. The molecule has 22 heavy (non-hydrogen) atoms. The summed E-state index contributed by atoms with van der Waals surface area (Å²) in [5.41, 5.74) is 0.105. The van der Waals surface area contributed by atoms with Gasteiger partial charge in [-0.2, -0.15) is 0 Å². The van der Waals surface area contributed by atoms with Gasteiger partial charge in [0.05, 0.1) is 12.4 Å². The van der Waals surface area contributed by atoms with Crippen molar-refractivity contribution < 1.29 is 17.9 Å². The molecule has 3 fully saturated rings. The summed E-state index contributed by atoms with van der Waals surface area (Å²) in [5.74, 6) is 0.228. The van der Waals surface area contributed by atoms with Crippen LogP contribution in [-0.4, -0.2) is 68.7 Å². The van der Waals surface area contributed by atoms with Gasteiger partial charge in [-0.1, -0.05) is 0 Å². The maximum Gasteiger partial charge on any atom is 0.222 e. The van der Waals surface area contributed by atoms with Crippen molar-refractivity contribution in [3.8, 4) is 0 Å². The Bertz CT molecular complexity index is 520. The van der Waals surface area contributed by atoms with Gasteiger partial charge in [0.2, 0.25) is 15.9 Å². The summed E-state index contributed by atoms with van der Waals surface area (Å²) >= 11 is 0. The van der Waals surface area contributed by atoms with Crippen LogP contribution in [0.15, 0.2) is 0 Å². The highest BCUT2D eigenvalue weighted by Gasteiger charge is 2.42. The Morgan fingerprint density at radius 1 is 1.27 bits per heavy atom. The maximum absolute atomic E-state index is 12.2. The molecule has 1 amide bonds. The predicted molar refractivity (Wildman–Crippen MR) is 82.9 cm³/mol. The van der Waals surface area contributed by atoms with Crippen LogP contribution in [-0.2, 0) is 19.6 Å². The van der Waals surface area contributed by atoms with Crippen LogP contribution in [0.25, 0.3) is 0 Å². The zero-order valence-electron chi connectivity index (χ0n) is 13.3. The molecule has 6 nitrogen and oxygen atoms in total. The molecule has 3 aliphatic heterocycles. The number of sulfonamides is 1. The fourth-order valence-corrected chi connectivity index (χ4v) is 4.85. The van der Waals surface area contributed by atoms with Gasteiger partial charge >= 0.3 is 0 Å². The summed E-state index contributed by atoms with van der Waals surface area (Å²) in [6.07, 6.45) is 6.79. The summed E-state index contributed by atoms with van der Waals surface area (Å²) in [5, 5.41) is 0. The maximum atomic E-state index is 12.2. The molecule has 3 heterocycles. The molecular weight excluding hydrogens is 304 g/mol. The molecule has 0 aromatic rings. The van der Waals surface area contributed by atoms with Crippen molar-refractivity contribution >= 4 is 15.9 Å². The molecule has 0 aromatic carbocycles. The second-order valence-corrected chi connectivity index (χ2v) is 9.05. The van der Waals surface area contributed by atoms with Crippen molar-refractivity contribution in [1.29, 1.82) is 0 Å². The van der Waals surface area contributed by atoms with Crippen LogP contribution in [0.4, 0.5) is 0 Å². The van der Waals surface area contributed by atoms with Gasteiger partial charge in [-0.15, -0.1) is 0 Å². The number of likely N-dealkylation sites (tertiary alicyclic amines) is 1. The molecule has 0 aliphatic carbocycles. The first-order chi connectivity index (χ1) is 10.4. The molecule has 1 spiro atoms. The molecule has 0 saturated carbocycles. The molecule has 0 N–H and O–H groups in total. The minimum atomic E-state index is -3.09. The van der Waals surface area contributed by atoms with Gasteiger partial charge in [0, 0.05) is 39.2 Å². The van der Waals surface area contributed by atoms with E-state index in [4.69, 9.17) is 4.74 Å². The highest BCUT2D eigenvalue weighted by Crippen LogP contribution is 2.40. The largest absolute Gasteiger partial charge is 0.376 e. The number of rotatable bonds is 3. The van der Waals surface area contributed by atoms with Crippen molar-refractivity contribution in [3.05, 3.63) is 0 Å². The molecule has 3 saturated heterocycles. The molecule has 0 aromatic heterocycles. The summed E-state index contributed by atoms with van der Waals surface area (Å²) in [6, 6.07) is 0. The summed E-state index contributed by atoms with van der Waals surface area (Å²) in [7, 11) is -3.09. The second kappa shape index (κ2) is 6.09. The predicted octanol–water partition coefficient (Wildman–Crippen LogP) is 0.830. The van der Waals surface area contributed by atoms with E-state index < -0.39 is 10.0 Å². The van der Waals surface area contributed by atoms with Crippen LogP contribution >= 0.6 is 0 Å². The van der Waals surface area contributed by atoms with Crippen LogP contribution in [0, 0.1) is 5.41 Å². The van der Waals surface area contributed by atoms with E-state index in [1.54, 1.807) is 4.31 Å². The van der Waals surface area contributed by atoms with E-state index in [1.807, 2.05) is 4.90 Å². The van der Waals surface area contributed by atoms with E-state index >= 15 is 0 Å². The lowest BCUT2D eigenvalue weighted by Crippen LogP contribution is -2.53. The minimum Gasteiger partial charge on any atom is -0.376 e. The van der Waals surface area contributed by atoms with E-state index in [2.05, 4.69) is 0 Å². The van der Waals surface area contributed by atoms with Crippen molar-refractivity contribution in [3.63, 3.8) is 0 Å². The lowest BCUT2D eigenvalue weighted by molar-refractivity contribution is -0.140. The van der Waals surface area contributed by atoms with Crippen LogP contribution < -0.4 is 0 Å². The molecular formula is C15H26N2O4S. The molecule has 0 radical (unpaired) electrons. The zero-order valence-corrected chi connectivity index (χ0v) is 14.1. The highest BCUT2D eigenvalue weighted by atomic mass is 32.2. The van der Waals surface area contributed by atoms with Crippen LogP contribution in [0.3, 0.4) is 0 Å².